The lowest BCUT2D eigenvalue weighted by atomic mass is 9.81. The van der Waals surface area contributed by atoms with Gasteiger partial charge >= 0.3 is 6.18 Å². The second kappa shape index (κ2) is 16.4. The average molecular weight is 815 g/mol. The van der Waals surface area contributed by atoms with E-state index in [4.69, 9.17) is 9.72 Å². The number of imide groups is 2. The summed E-state index contributed by atoms with van der Waals surface area (Å²) in [5.74, 6) is -0.307. The Morgan fingerprint density at radius 1 is 0.898 bits per heavy atom. The fourth-order valence-corrected chi connectivity index (χ4v) is 8.94. The number of carbonyl (C=O) groups is 5. The number of amides is 5. The number of anilines is 2. The van der Waals surface area contributed by atoms with E-state index < -0.39 is 47.4 Å². The Bertz CT molecular complexity index is 2300. The molecule has 1 unspecified atom stereocenters. The minimum absolute atomic E-state index is 0.0732. The van der Waals surface area contributed by atoms with Crippen LogP contribution >= 0.6 is 0 Å². The fourth-order valence-electron chi connectivity index (χ4n) is 8.94. The van der Waals surface area contributed by atoms with Gasteiger partial charge in [0.25, 0.3) is 17.7 Å². The highest BCUT2D eigenvalue weighted by atomic mass is 19.4. The molecule has 8 rings (SSSR count). The van der Waals surface area contributed by atoms with Crippen molar-refractivity contribution < 1.29 is 41.9 Å². The number of carbonyl (C=O) groups excluding carboxylic acids is 5. The number of benzene rings is 2. The Morgan fingerprint density at radius 3 is 2.39 bits per heavy atom. The van der Waals surface area contributed by atoms with Gasteiger partial charge in [0.05, 0.1) is 35.0 Å². The maximum absolute atomic E-state index is 13.4. The van der Waals surface area contributed by atoms with Crippen molar-refractivity contribution in [1.82, 2.24) is 30.1 Å². The number of fused-ring (bicyclic) bond motifs is 2. The SMILES string of the molecule is COc1cc2nc(C3CCC(CN4CCC(CCNc5cccc6c5C(=O)N(C5CCC(=O)NC5=O)C6=O)CC4)CC3)[nH]c2cc1NC(=O)c1cccc(C(F)(F)F)n1. The highest BCUT2D eigenvalue weighted by Gasteiger charge is 2.45. The Labute approximate surface area is 337 Å². The molecular weight excluding hydrogens is 770 g/mol. The van der Waals surface area contributed by atoms with Crippen LogP contribution in [-0.2, 0) is 15.8 Å². The summed E-state index contributed by atoms with van der Waals surface area (Å²) in [5.41, 5.74) is 1.24. The van der Waals surface area contributed by atoms with Crippen molar-refractivity contribution in [3.05, 3.63) is 76.9 Å². The number of piperidine rings is 2. The smallest absolute Gasteiger partial charge is 0.433 e. The Balaban J connectivity index is 0.793. The van der Waals surface area contributed by atoms with Crippen molar-refractivity contribution in [2.45, 2.75) is 75.9 Å². The molecule has 4 N–H and O–H groups in total. The number of ether oxygens (including phenoxy) is 1. The van der Waals surface area contributed by atoms with E-state index in [2.05, 4.69) is 30.8 Å². The van der Waals surface area contributed by atoms with Gasteiger partial charge in [0, 0.05) is 37.2 Å². The van der Waals surface area contributed by atoms with E-state index in [9.17, 15) is 37.1 Å². The molecule has 1 atom stereocenters. The molecule has 14 nitrogen and oxygen atoms in total. The molecule has 4 aromatic rings. The van der Waals surface area contributed by atoms with Gasteiger partial charge in [-0.05, 0) is 107 Å². The van der Waals surface area contributed by atoms with Crippen LogP contribution in [0.1, 0.15) is 106 Å². The summed E-state index contributed by atoms with van der Waals surface area (Å²) >= 11 is 0. The van der Waals surface area contributed by atoms with E-state index >= 15 is 0 Å². The highest BCUT2D eigenvalue weighted by molar-refractivity contribution is 6.25. The molecule has 2 aromatic carbocycles. The van der Waals surface area contributed by atoms with Gasteiger partial charge in [0.2, 0.25) is 11.8 Å². The minimum Gasteiger partial charge on any atom is -0.494 e. The van der Waals surface area contributed by atoms with Gasteiger partial charge in [-0.2, -0.15) is 13.2 Å². The third kappa shape index (κ3) is 8.38. The number of pyridine rings is 1. The van der Waals surface area contributed by atoms with Gasteiger partial charge in [0.15, 0.2) is 0 Å². The number of alkyl halides is 3. The standard InChI is InChI=1S/C42H45F3N8O6/c1-59-33-21-30-29(20-31(33)50-38(55)28-6-3-7-34(47-28)42(43,44)45)48-37(49-30)25-10-8-24(9-11-25)22-52-18-15-23(16-19-52)14-17-46-27-5-2-4-26-36(27)41(58)53(40(26)57)32-12-13-35(54)51-39(32)56/h2-7,20-21,23-25,32,46H,8-19,22H2,1H3,(H,48,49)(H,50,55)(H,51,54,56). The number of hydrogen-bond acceptors (Lipinski definition) is 10. The largest absolute Gasteiger partial charge is 0.494 e. The van der Waals surface area contributed by atoms with Gasteiger partial charge in [-0.25, -0.2) is 9.97 Å². The zero-order chi connectivity index (χ0) is 41.4. The fraction of sp³-hybridized carbons (Fsp3) is 0.452. The number of imidazole rings is 1. The molecule has 17 heteroatoms. The maximum Gasteiger partial charge on any atom is 0.433 e. The first-order valence-electron chi connectivity index (χ1n) is 20.1. The third-order valence-electron chi connectivity index (χ3n) is 12.1. The van der Waals surface area contributed by atoms with E-state index in [1.54, 1.807) is 30.3 Å². The normalized spacial score (nSPS) is 21.8. The molecule has 0 spiro atoms. The maximum atomic E-state index is 13.4. The molecule has 5 amide bonds. The summed E-state index contributed by atoms with van der Waals surface area (Å²) in [5, 5.41) is 8.25. The zero-order valence-electron chi connectivity index (χ0n) is 32.5. The third-order valence-corrected chi connectivity index (χ3v) is 12.1. The number of methoxy groups -OCH3 is 1. The van der Waals surface area contributed by atoms with Crippen molar-refractivity contribution >= 4 is 51.9 Å². The van der Waals surface area contributed by atoms with Crippen molar-refractivity contribution in [3.8, 4) is 5.75 Å². The number of rotatable bonds is 11. The predicted molar refractivity (Wildman–Crippen MR) is 210 cm³/mol. The van der Waals surface area contributed by atoms with E-state index in [1.807, 2.05) is 0 Å². The molecule has 1 aliphatic carbocycles. The quantitative estimate of drug-likeness (QED) is 0.129. The second-order valence-corrected chi connectivity index (χ2v) is 15.9. The van der Waals surface area contributed by atoms with Crippen molar-refractivity contribution in [1.29, 1.82) is 0 Å². The zero-order valence-corrected chi connectivity index (χ0v) is 32.5. The monoisotopic (exact) mass is 814 g/mol. The summed E-state index contributed by atoms with van der Waals surface area (Å²) in [6, 6.07) is 10.7. The van der Waals surface area contributed by atoms with Crippen LogP contribution in [0.5, 0.6) is 5.75 Å². The Kier molecular flexibility index (Phi) is 11.1. The summed E-state index contributed by atoms with van der Waals surface area (Å²) in [6.07, 6.45) is 2.70. The summed E-state index contributed by atoms with van der Waals surface area (Å²) in [6.45, 7) is 3.74. The molecule has 2 aromatic heterocycles. The minimum atomic E-state index is -4.67. The number of aromatic amines is 1. The number of nitrogens with zero attached hydrogens (tertiary/aromatic N) is 4. The number of hydrogen-bond donors (Lipinski definition) is 4. The van der Waals surface area contributed by atoms with Crippen LogP contribution in [0.3, 0.4) is 0 Å². The van der Waals surface area contributed by atoms with E-state index in [1.165, 1.54) is 13.2 Å². The first-order chi connectivity index (χ1) is 28.4. The summed E-state index contributed by atoms with van der Waals surface area (Å²) in [4.78, 5) is 78.9. The number of H-pyrrole nitrogens is 1. The van der Waals surface area contributed by atoms with Crippen molar-refractivity contribution in [3.63, 3.8) is 0 Å². The molecule has 59 heavy (non-hydrogen) atoms. The van der Waals surface area contributed by atoms with Gasteiger partial charge in [-0.3, -0.25) is 34.2 Å². The lowest BCUT2D eigenvalue weighted by Gasteiger charge is -2.36. The Morgan fingerprint density at radius 2 is 1.66 bits per heavy atom. The number of halogens is 3. The van der Waals surface area contributed by atoms with Gasteiger partial charge in [-0.1, -0.05) is 12.1 Å². The van der Waals surface area contributed by atoms with Gasteiger partial charge in [0.1, 0.15) is 29.0 Å². The van der Waals surface area contributed by atoms with Crippen LogP contribution in [0.25, 0.3) is 11.0 Å². The lowest BCUT2D eigenvalue weighted by molar-refractivity contribution is -0.141. The molecule has 5 heterocycles. The first kappa shape index (κ1) is 40.0. The van der Waals surface area contributed by atoms with Gasteiger partial charge in [-0.15, -0.1) is 0 Å². The molecule has 3 fully saturated rings. The number of nitrogens with one attached hydrogen (secondary N) is 4. The molecular formula is C42H45F3N8O6. The second-order valence-electron chi connectivity index (χ2n) is 15.9. The van der Waals surface area contributed by atoms with Crippen LogP contribution in [0.2, 0.25) is 0 Å². The highest BCUT2D eigenvalue weighted by Crippen LogP contribution is 2.38. The van der Waals surface area contributed by atoms with E-state index in [-0.39, 0.29) is 41.3 Å². The van der Waals surface area contributed by atoms with Crippen LogP contribution in [0.15, 0.2) is 48.5 Å². The number of likely N-dealkylation sites (tertiary alicyclic amines) is 1. The van der Waals surface area contributed by atoms with Crippen molar-refractivity contribution in [2.24, 2.45) is 11.8 Å². The molecule has 3 aliphatic heterocycles. The van der Waals surface area contributed by atoms with E-state index in [0.29, 0.717) is 40.9 Å². The summed E-state index contributed by atoms with van der Waals surface area (Å²) in [7, 11) is 1.45. The predicted octanol–water partition coefficient (Wildman–Crippen LogP) is 6.13. The van der Waals surface area contributed by atoms with Crippen LogP contribution in [0, 0.1) is 11.8 Å². The molecule has 4 aliphatic rings. The molecule has 0 bridgehead atoms. The van der Waals surface area contributed by atoms with Gasteiger partial charge < -0.3 is 25.3 Å². The number of aromatic nitrogens is 3. The topological polar surface area (TPSA) is 179 Å². The van der Waals surface area contributed by atoms with Crippen LogP contribution < -0.4 is 20.7 Å². The molecule has 0 radical (unpaired) electrons. The average Bonchev–Trinajstić information content (AvgIpc) is 3.75. The molecule has 1 saturated carbocycles. The van der Waals surface area contributed by atoms with Crippen LogP contribution in [0.4, 0.5) is 24.5 Å². The molecule has 310 valence electrons. The van der Waals surface area contributed by atoms with Crippen molar-refractivity contribution in [2.75, 3.05) is 43.9 Å². The molecule has 2 saturated heterocycles. The Hall–Kier alpha value is -5.84. The van der Waals surface area contributed by atoms with E-state index in [0.717, 1.165) is 87.4 Å². The first-order valence-corrected chi connectivity index (χ1v) is 20.1. The lowest BCUT2D eigenvalue weighted by Crippen LogP contribution is -2.54. The summed E-state index contributed by atoms with van der Waals surface area (Å²) < 4.78 is 45.0. The van der Waals surface area contributed by atoms with Crippen LogP contribution in [-0.4, -0.2) is 93.6 Å².